The molecule has 3 rings (SSSR count). The Labute approximate surface area is 182 Å². The molecule has 1 aliphatic rings. The lowest BCUT2D eigenvalue weighted by Crippen LogP contribution is -2.45. The first-order chi connectivity index (χ1) is 12.7. The minimum Gasteiger partial charge on any atom is -0.490 e. The highest BCUT2D eigenvalue weighted by Gasteiger charge is 2.23. The van der Waals surface area contributed by atoms with E-state index in [0.717, 1.165) is 41.9 Å². The molecule has 0 aliphatic carbocycles. The first kappa shape index (κ1) is 21.6. The van der Waals surface area contributed by atoms with Crippen LogP contribution in [0.15, 0.2) is 53.8 Å². The van der Waals surface area contributed by atoms with Crippen LogP contribution in [0.1, 0.15) is 6.42 Å². The molecule has 0 amide bonds. The Morgan fingerprint density at radius 1 is 1.37 bits per heavy atom. The van der Waals surface area contributed by atoms with Crippen molar-refractivity contribution in [2.75, 3.05) is 38.2 Å². The van der Waals surface area contributed by atoms with Crippen LogP contribution in [-0.4, -0.2) is 50.3 Å². The fourth-order valence-corrected chi connectivity index (χ4v) is 3.13. The van der Waals surface area contributed by atoms with Gasteiger partial charge < -0.3 is 20.3 Å². The van der Waals surface area contributed by atoms with Gasteiger partial charge in [-0.15, -0.1) is 24.0 Å². The van der Waals surface area contributed by atoms with Crippen LogP contribution in [0.5, 0.6) is 5.75 Å². The number of halogens is 2. The molecule has 1 aromatic carbocycles. The summed E-state index contributed by atoms with van der Waals surface area (Å²) in [6.45, 7) is 3.14. The molecule has 1 unspecified atom stereocenters. The Morgan fingerprint density at radius 2 is 2.26 bits per heavy atom. The summed E-state index contributed by atoms with van der Waals surface area (Å²) in [7, 11) is 1.78. The largest absolute Gasteiger partial charge is 0.490 e. The van der Waals surface area contributed by atoms with Gasteiger partial charge in [0.15, 0.2) is 5.96 Å². The second kappa shape index (κ2) is 11.2. The first-order valence-electron chi connectivity index (χ1n) is 8.75. The summed E-state index contributed by atoms with van der Waals surface area (Å²) in [6.07, 6.45) is 4.49. The molecule has 2 N–H and O–H groups in total. The van der Waals surface area contributed by atoms with Crippen LogP contribution < -0.4 is 20.3 Å². The van der Waals surface area contributed by atoms with Crippen molar-refractivity contribution in [3.8, 4) is 5.75 Å². The standard InChI is InChI=1S/C19H24ClN5O.HI/c1-21-19(23-9-11-26-18-6-3-8-22-13-18)24-16-7-10-25(14-16)17-5-2-4-15(20)12-17;/h2-6,8,12-13,16H,7,9-11,14H2,1H3,(H2,21,23,24);1H. The molecule has 146 valence electrons. The molecule has 0 spiro atoms. The number of hydrogen-bond donors (Lipinski definition) is 2. The molecule has 27 heavy (non-hydrogen) atoms. The third-order valence-corrected chi connectivity index (χ3v) is 4.46. The highest BCUT2D eigenvalue weighted by atomic mass is 127. The Balaban J connectivity index is 0.00000261. The van der Waals surface area contributed by atoms with Crippen LogP contribution in [-0.2, 0) is 0 Å². The van der Waals surface area contributed by atoms with Gasteiger partial charge in [-0.1, -0.05) is 17.7 Å². The molecule has 1 aliphatic heterocycles. The normalized spacial score (nSPS) is 16.6. The monoisotopic (exact) mass is 501 g/mol. The number of guanidine groups is 1. The number of pyridine rings is 1. The molecule has 2 heterocycles. The topological polar surface area (TPSA) is 61.8 Å². The number of nitrogens with zero attached hydrogens (tertiary/aromatic N) is 3. The van der Waals surface area contributed by atoms with Crippen molar-refractivity contribution in [1.29, 1.82) is 0 Å². The molecule has 6 nitrogen and oxygen atoms in total. The van der Waals surface area contributed by atoms with E-state index in [0.29, 0.717) is 19.2 Å². The molecule has 8 heteroatoms. The zero-order valence-corrected chi connectivity index (χ0v) is 18.4. The maximum Gasteiger partial charge on any atom is 0.191 e. The molecule has 1 atom stereocenters. The minimum atomic E-state index is 0. The van der Waals surface area contributed by atoms with Gasteiger partial charge in [-0.25, -0.2) is 0 Å². The Bertz CT molecular complexity index is 731. The molecule has 1 aromatic heterocycles. The summed E-state index contributed by atoms with van der Waals surface area (Å²) >= 11 is 6.09. The second-order valence-corrected chi connectivity index (χ2v) is 6.53. The van der Waals surface area contributed by atoms with E-state index < -0.39 is 0 Å². The highest BCUT2D eigenvalue weighted by molar-refractivity contribution is 14.0. The fraction of sp³-hybridized carbons (Fsp3) is 0.368. The molecular formula is C19H25ClIN5O. The van der Waals surface area contributed by atoms with Gasteiger partial charge in [0.25, 0.3) is 0 Å². The molecular weight excluding hydrogens is 477 g/mol. The van der Waals surface area contributed by atoms with Crippen LogP contribution in [0, 0.1) is 0 Å². The van der Waals surface area contributed by atoms with Gasteiger partial charge in [0.1, 0.15) is 12.4 Å². The molecule has 0 bridgehead atoms. The number of anilines is 1. The van der Waals surface area contributed by atoms with Crippen LogP contribution in [0.4, 0.5) is 5.69 Å². The lowest BCUT2D eigenvalue weighted by molar-refractivity contribution is 0.320. The van der Waals surface area contributed by atoms with Crippen LogP contribution in [0.2, 0.25) is 5.02 Å². The average Bonchev–Trinajstić information content (AvgIpc) is 3.13. The Hall–Kier alpha value is -1.74. The predicted octanol–water partition coefficient (Wildman–Crippen LogP) is 3.18. The number of aromatic nitrogens is 1. The number of aliphatic imine (C=N–C) groups is 1. The quantitative estimate of drug-likeness (QED) is 0.276. The second-order valence-electron chi connectivity index (χ2n) is 6.09. The van der Waals surface area contributed by atoms with E-state index in [1.54, 1.807) is 19.4 Å². The lowest BCUT2D eigenvalue weighted by atomic mass is 10.3. The van der Waals surface area contributed by atoms with Gasteiger partial charge in [0.05, 0.1) is 12.7 Å². The van der Waals surface area contributed by atoms with E-state index >= 15 is 0 Å². The molecule has 1 saturated heterocycles. The maximum atomic E-state index is 6.09. The van der Waals surface area contributed by atoms with Crippen molar-refractivity contribution in [2.24, 2.45) is 4.99 Å². The van der Waals surface area contributed by atoms with Gasteiger partial charge in [0.2, 0.25) is 0 Å². The fourth-order valence-electron chi connectivity index (χ4n) is 2.94. The highest BCUT2D eigenvalue weighted by Crippen LogP contribution is 2.23. The zero-order valence-electron chi connectivity index (χ0n) is 15.3. The zero-order chi connectivity index (χ0) is 18.2. The smallest absolute Gasteiger partial charge is 0.191 e. The first-order valence-corrected chi connectivity index (χ1v) is 9.13. The summed E-state index contributed by atoms with van der Waals surface area (Å²) in [5.74, 6) is 1.56. The number of hydrogen-bond acceptors (Lipinski definition) is 4. The van der Waals surface area contributed by atoms with E-state index in [1.165, 1.54) is 0 Å². The van der Waals surface area contributed by atoms with Crippen molar-refractivity contribution < 1.29 is 4.74 Å². The minimum absolute atomic E-state index is 0. The van der Waals surface area contributed by atoms with E-state index in [9.17, 15) is 0 Å². The van der Waals surface area contributed by atoms with E-state index in [-0.39, 0.29) is 24.0 Å². The van der Waals surface area contributed by atoms with Crippen LogP contribution >= 0.6 is 35.6 Å². The predicted molar refractivity (Wildman–Crippen MR) is 122 cm³/mol. The molecule has 2 aromatic rings. The van der Waals surface area contributed by atoms with Crippen molar-refractivity contribution in [2.45, 2.75) is 12.5 Å². The number of nitrogens with one attached hydrogen (secondary N) is 2. The van der Waals surface area contributed by atoms with E-state index in [4.69, 9.17) is 16.3 Å². The average molecular weight is 502 g/mol. The van der Waals surface area contributed by atoms with Gasteiger partial charge in [-0.05, 0) is 36.8 Å². The van der Waals surface area contributed by atoms with Crippen molar-refractivity contribution in [3.05, 3.63) is 53.8 Å². The maximum absolute atomic E-state index is 6.09. The Kier molecular flexibility index (Phi) is 8.93. The van der Waals surface area contributed by atoms with Crippen molar-refractivity contribution in [1.82, 2.24) is 15.6 Å². The van der Waals surface area contributed by atoms with Gasteiger partial charge in [-0.2, -0.15) is 0 Å². The van der Waals surface area contributed by atoms with Crippen LogP contribution in [0.25, 0.3) is 0 Å². The third kappa shape index (κ3) is 6.73. The van der Waals surface area contributed by atoms with Gasteiger partial charge >= 0.3 is 0 Å². The number of rotatable bonds is 6. The summed E-state index contributed by atoms with van der Waals surface area (Å²) in [6, 6.07) is 12.1. The summed E-state index contributed by atoms with van der Waals surface area (Å²) in [5, 5.41) is 7.53. The lowest BCUT2D eigenvalue weighted by Gasteiger charge is -2.20. The Morgan fingerprint density at radius 3 is 3.00 bits per heavy atom. The van der Waals surface area contributed by atoms with Gasteiger partial charge in [0, 0.05) is 43.1 Å². The molecule has 1 fully saturated rings. The summed E-state index contributed by atoms with van der Waals surface area (Å²) in [4.78, 5) is 10.7. The number of benzene rings is 1. The van der Waals surface area contributed by atoms with Crippen LogP contribution in [0.3, 0.4) is 0 Å². The van der Waals surface area contributed by atoms with E-state index in [1.807, 2.05) is 30.3 Å². The van der Waals surface area contributed by atoms with Gasteiger partial charge in [-0.3, -0.25) is 9.98 Å². The molecule has 0 radical (unpaired) electrons. The summed E-state index contributed by atoms with van der Waals surface area (Å²) in [5.41, 5.74) is 1.16. The van der Waals surface area contributed by atoms with E-state index in [2.05, 4.69) is 31.6 Å². The molecule has 0 saturated carbocycles. The third-order valence-electron chi connectivity index (χ3n) is 4.22. The van der Waals surface area contributed by atoms with Crippen molar-refractivity contribution in [3.63, 3.8) is 0 Å². The SMILES string of the molecule is CN=C(NCCOc1cccnc1)NC1CCN(c2cccc(Cl)c2)C1.I. The summed E-state index contributed by atoms with van der Waals surface area (Å²) < 4.78 is 5.63. The number of ether oxygens (including phenoxy) is 1. The van der Waals surface area contributed by atoms with Crippen molar-refractivity contribution >= 4 is 47.2 Å².